The molecule has 1 aliphatic rings. The van der Waals surface area contributed by atoms with E-state index in [1.807, 2.05) is 64.1 Å². The zero-order valence-corrected chi connectivity index (χ0v) is 21.1. The fourth-order valence-corrected chi connectivity index (χ4v) is 4.32. The lowest BCUT2D eigenvalue weighted by Gasteiger charge is -2.38. The number of esters is 1. The van der Waals surface area contributed by atoms with Gasteiger partial charge in [-0.15, -0.1) is 0 Å². The van der Waals surface area contributed by atoms with Crippen LogP contribution in [0.2, 0.25) is 0 Å². The van der Waals surface area contributed by atoms with Crippen molar-refractivity contribution in [3.63, 3.8) is 0 Å². The number of rotatable bonds is 9. The average Bonchev–Trinajstić information content (AvgIpc) is 3.09. The lowest BCUT2D eigenvalue weighted by molar-refractivity contribution is -0.135. The lowest BCUT2D eigenvalue weighted by Crippen LogP contribution is -2.50. The van der Waals surface area contributed by atoms with E-state index in [4.69, 9.17) is 4.74 Å². The van der Waals surface area contributed by atoms with E-state index in [9.17, 15) is 19.5 Å². The van der Waals surface area contributed by atoms with Crippen LogP contribution in [0.4, 0.5) is 0 Å². The van der Waals surface area contributed by atoms with Gasteiger partial charge in [-0.1, -0.05) is 55.8 Å². The third-order valence-corrected chi connectivity index (χ3v) is 6.01. The Labute approximate surface area is 206 Å². The minimum Gasteiger partial charge on any atom is -0.477 e. The van der Waals surface area contributed by atoms with E-state index in [1.54, 1.807) is 17.0 Å². The van der Waals surface area contributed by atoms with Crippen LogP contribution in [0.15, 0.2) is 59.9 Å². The summed E-state index contributed by atoms with van der Waals surface area (Å²) < 4.78 is 5.57. The summed E-state index contributed by atoms with van der Waals surface area (Å²) >= 11 is 0. The molecule has 0 bridgehead atoms. The topological polar surface area (TPSA) is 95.9 Å². The van der Waals surface area contributed by atoms with Crippen molar-refractivity contribution in [2.45, 2.75) is 71.7 Å². The van der Waals surface area contributed by atoms with Crippen LogP contribution in [0.25, 0.3) is 11.1 Å². The van der Waals surface area contributed by atoms with E-state index in [0.29, 0.717) is 24.8 Å². The molecule has 0 radical (unpaired) electrons. The summed E-state index contributed by atoms with van der Waals surface area (Å²) in [5.41, 5.74) is 1.79. The van der Waals surface area contributed by atoms with Crippen molar-refractivity contribution in [2.24, 2.45) is 0 Å². The van der Waals surface area contributed by atoms with Gasteiger partial charge in [-0.3, -0.25) is 4.79 Å². The molecule has 0 amide bonds. The first kappa shape index (κ1) is 26.0. The van der Waals surface area contributed by atoms with Gasteiger partial charge in [-0.2, -0.15) is 0 Å². The molecule has 0 saturated heterocycles. The smallest absolute Gasteiger partial charge is 0.354 e. The molecule has 186 valence electrons. The van der Waals surface area contributed by atoms with Crippen molar-refractivity contribution in [1.29, 1.82) is 0 Å². The molecule has 0 aliphatic carbocycles. The molecule has 1 unspecified atom stereocenters. The van der Waals surface area contributed by atoms with Crippen LogP contribution in [0.1, 0.15) is 69.8 Å². The molecule has 0 fully saturated rings. The quantitative estimate of drug-likeness (QED) is 0.382. The van der Waals surface area contributed by atoms with Crippen LogP contribution in [0.5, 0.6) is 0 Å². The highest BCUT2D eigenvalue weighted by atomic mass is 16.6. The van der Waals surface area contributed by atoms with Crippen molar-refractivity contribution in [2.75, 3.05) is 0 Å². The number of allylic oxidation sites excluding steroid dienone is 1. The lowest BCUT2D eigenvalue weighted by atomic mass is 9.97. The first-order chi connectivity index (χ1) is 16.5. The Hall–Kier alpha value is -3.61. The molecule has 1 heterocycles. The Morgan fingerprint density at radius 3 is 2.34 bits per heavy atom. The summed E-state index contributed by atoms with van der Waals surface area (Å²) in [5.74, 6) is -1.52. The molecular weight excluding hydrogens is 444 g/mol. The molecule has 35 heavy (non-hydrogen) atoms. The Bertz CT molecular complexity index is 1130. The third kappa shape index (κ3) is 5.91. The van der Waals surface area contributed by atoms with Gasteiger partial charge in [-0.05, 0) is 63.3 Å². The second-order valence-corrected chi connectivity index (χ2v) is 10.0. The Balaban J connectivity index is 1.90. The summed E-state index contributed by atoms with van der Waals surface area (Å²) in [7, 11) is 0. The third-order valence-electron chi connectivity index (χ3n) is 6.01. The van der Waals surface area contributed by atoms with E-state index >= 15 is 0 Å². The van der Waals surface area contributed by atoms with E-state index in [1.165, 1.54) is 0 Å². The van der Waals surface area contributed by atoms with Gasteiger partial charge in [0.1, 0.15) is 17.0 Å². The number of hydrogen-bond donors (Lipinski definition) is 2. The molecule has 3 rings (SSSR count). The van der Waals surface area contributed by atoms with Gasteiger partial charge in [0.2, 0.25) is 0 Å². The predicted octanol–water partition coefficient (Wildman–Crippen LogP) is 5.12. The number of nitrogens with zero attached hydrogens (tertiary/aromatic N) is 1. The fraction of sp³-hybridized carbons (Fsp3) is 0.393. The molecule has 2 N–H and O–H groups in total. The first-order valence-corrected chi connectivity index (χ1v) is 11.9. The second kappa shape index (κ2) is 10.3. The van der Waals surface area contributed by atoms with Crippen molar-refractivity contribution in [3.8, 4) is 11.1 Å². The van der Waals surface area contributed by atoms with Crippen LogP contribution in [-0.4, -0.2) is 39.5 Å². The van der Waals surface area contributed by atoms with E-state index in [-0.39, 0.29) is 17.4 Å². The first-order valence-electron chi connectivity index (χ1n) is 11.9. The normalized spacial score (nSPS) is 17.8. The van der Waals surface area contributed by atoms with Gasteiger partial charge in [0.15, 0.2) is 12.0 Å². The number of nitrogens with one attached hydrogen (secondary N) is 1. The molecule has 1 aliphatic heterocycles. The maximum absolute atomic E-state index is 12.7. The number of hydrogen-bond acceptors (Lipinski definition) is 6. The van der Waals surface area contributed by atoms with Gasteiger partial charge in [0.25, 0.3) is 0 Å². The molecule has 7 heteroatoms. The maximum Gasteiger partial charge on any atom is 0.354 e. The summed E-state index contributed by atoms with van der Waals surface area (Å²) in [5, 5.41) is 13.0. The summed E-state index contributed by atoms with van der Waals surface area (Å²) in [6.07, 6.45) is 3.11. The summed E-state index contributed by atoms with van der Waals surface area (Å²) in [6.45, 7) is 9.81. The number of carboxylic acids is 1. The molecule has 2 aromatic rings. The number of carbonyl (C=O) groups excluding carboxylic acids is 2. The average molecular weight is 479 g/mol. The highest BCUT2D eigenvalue weighted by molar-refractivity contribution is 5.97. The number of unbranched alkanes of at least 4 members (excludes halogenated alkanes) is 1. The zero-order chi connectivity index (χ0) is 25.8. The fourth-order valence-electron chi connectivity index (χ4n) is 4.32. The molecule has 0 spiro atoms. The Morgan fingerprint density at radius 1 is 1.11 bits per heavy atom. The van der Waals surface area contributed by atoms with Crippen molar-refractivity contribution >= 4 is 18.2 Å². The number of ether oxygens (including phenoxy) is 1. The van der Waals surface area contributed by atoms with Crippen molar-refractivity contribution < 1.29 is 24.2 Å². The molecular formula is C28H34N2O5. The predicted molar refractivity (Wildman–Crippen MR) is 134 cm³/mol. The van der Waals surface area contributed by atoms with Gasteiger partial charge in [-0.25, -0.2) is 9.59 Å². The van der Waals surface area contributed by atoms with Crippen LogP contribution in [0, 0.1) is 0 Å². The highest BCUT2D eigenvalue weighted by Crippen LogP contribution is 2.34. The van der Waals surface area contributed by atoms with Crippen LogP contribution in [0.3, 0.4) is 0 Å². The molecule has 0 aromatic heterocycles. The zero-order valence-electron chi connectivity index (χ0n) is 21.1. The van der Waals surface area contributed by atoms with E-state index in [2.05, 4.69) is 12.2 Å². The van der Waals surface area contributed by atoms with Gasteiger partial charge >= 0.3 is 11.9 Å². The van der Waals surface area contributed by atoms with Crippen molar-refractivity contribution in [1.82, 2.24) is 10.2 Å². The SMILES string of the molecule is CCCCC1(C)NC(C=O)=C(C(=O)O)N1Cc1ccc(-c2ccccc2C(=O)OC(C)(C)C)cc1. The number of benzene rings is 2. The number of carbonyl (C=O) groups is 3. The number of aliphatic carboxylic acids is 1. The molecule has 0 saturated carbocycles. The minimum atomic E-state index is -1.14. The molecule has 2 aromatic carbocycles. The van der Waals surface area contributed by atoms with Crippen LogP contribution >= 0.6 is 0 Å². The van der Waals surface area contributed by atoms with Gasteiger partial charge in [0.05, 0.1) is 5.56 Å². The van der Waals surface area contributed by atoms with E-state index in [0.717, 1.165) is 29.5 Å². The summed E-state index contributed by atoms with van der Waals surface area (Å²) in [6, 6.07) is 15.0. The molecule has 1 atom stereocenters. The maximum atomic E-state index is 12.7. The Morgan fingerprint density at radius 2 is 1.77 bits per heavy atom. The van der Waals surface area contributed by atoms with E-state index < -0.39 is 17.2 Å². The van der Waals surface area contributed by atoms with Crippen LogP contribution < -0.4 is 5.32 Å². The minimum absolute atomic E-state index is 0.0158. The summed E-state index contributed by atoms with van der Waals surface area (Å²) in [4.78, 5) is 38.1. The molecule has 7 nitrogen and oxygen atoms in total. The van der Waals surface area contributed by atoms with Crippen LogP contribution in [-0.2, 0) is 20.9 Å². The number of carboxylic acid groups (broad SMARTS) is 1. The van der Waals surface area contributed by atoms with Gasteiger partial charge < -0.3 is 20.1 Å². The standard InChI is InChI=1S/C28H34N2O5/c1-6-7-16-28(5)29-23(18-31)24(25(32)33)30(28)17-19-12-14-20(15-13-19)21-10-8-9-11-22(21)26(34)35-27(2,3)4/h8-15,18,29H,6-7,16-17H2,1-5H3,(H,32,33). The highest BCUT2D eigenvalue weighted by Gasteiger charge is 2.43. The monoisotopic (exact) mass is 478 g/mol. The Kier molecular flexibility index (Phi) is 7.68. The van der Waals surface area contributed by atoms with Gasteiger partial charge in [0, 0.05) is 6.54 Å². The van der Waals surface area contributed by atoms with Crippen molar-refractivity contribution in [3.05, 3.63) is 71.1 Å². The largest absolute Gasteiger partial charge is 0.477 e. The second-order valence-electron chi connectivity index (χ2n) is 10.0. The number of aldehydes is 1.